The van der Waals surface area contributed by atoms with Gasteiger partial charge in [-0.25, -0.2) is 8.78 Å². The van der Waals surface area contributed by atoms with E-state index in [1.807, 2.05) is 0 Å². The van der Waals surface area contributed by atoms with Crippen LogP contribution in [0, 0.1) is 11.6 Å². The second-order valence-corrected chi connectivity index (χ2v) is 6.79. The lowest BCUT2D eigenvalue weighted by Gasteiger charge is -2.23. The minimum atomic E-state index is -1.16. The molecule has 1 unspecified atom stereocenters. The van der Waals surface area contributed by atoms with Gasteiger partial charge in [0.25, 0.3) is 0 Å². The molecule has 0 saturated heterocycles. The SMILES string of the molecule is CC(C)(C)OC(=O)C(C(=O)Cc1ccc(F)cc1)c1ccc(F)cc1. The Morgan fingerprint density at radius 2 is 1.40 bits per heavy atom. The number of esters is 1. The molecule has 0 amide bonds. The van der Waals surface area contributed by atoms with Crippen LogP contribution in [0.5, 0.6) is 0 Å². The van der Waals surface area contributed by atoms with Crippen LogP contribution in [0.1, 0.15) is 37.8 Å². The van der Waals surface area contributed by atoms with Gasteiger partial charge in [0, 0.05) is 6.42 Å². The number of rotatable bonds is 5. The number of ketones is 1. The average Bonchev–Trinajstić information content (AvgIpc) is 2.50. The summed E-state index contributed by atoms with van der Waals surface area (Å²) < 4.78 is 31.5. The molecule has 132 valence electrons. The molecule has 0 bridgehead atoms. The van der Waals surface area contributed by atoms with E-state index >= 15 is 0 Å². The highest BCUT2D eigenvalue weighted by Gasteiger charge is 2.32. The highest BCUT2D eigenvalue weighted by molar-refractivity contribution is 6.05. The van der Waals surface area contributed by atoms with Gasteiger partial charge >= 0.3 is 5.97 Å². The predicted octanol–water partition coefficient (Wildman–Crippen LogP) is 4.20. The molecular weight excluding hydrogens is 326 g/mol. The van der Waals surface area contributed by atoms with Crippen molar-refractivity contribution in [3.63, 3.8) is 0 Å². The molecule has 0 aromatic heterocycles. The van der Waals surface area contributed by atoms with E-state index in [1.54, 1.807) is 20.8 Å². The van der Waals surface area contributed by atoms with Crippen LogP contribution >= 0.6 is 0 Å². The number of halogens is 2. The molecule has 0 fully saturated rings. The Morgan fingerprint density at radius 1 is 0.920 bits per heavy atom. The summed E-state index contributed by atoms with van der Waals surface area (Å²) in [6.45, 7) is 5.12. The van der Waals surface area contributed by atoms with Crippen molar-refractivity contribution in [3.8, 4) is 0 Å². The van der Waals surface area contributed by atoms with Gasteiger partial charge in [-0.3, -0.25) is 9.59 Å². The molecule has 0 aliphatic rings. The maximum absolute atomic E-state index is 13.2. The molecule has 3 nitrogen and oxygen atoms in total. The van der Waals surface area contributed by atoms with Crippen molar-refractivity contribution in [1.29, 1.82) is 0 Å². The van der Waals surface area contributed by atoms with Gasteiger partial charge in [0.2, 0.25) is 0 Å². The summed E-state index contributed by atoms with van der Waals surface area (Å²) in [5, 5.41) is 0. The molecule has 5 heteroatoms. The first-order valence-electron chi connectivity index (χ1n) is 7.91. The Bertz CT molecular complexity index is 744. The first kappa shape index (κ1) is 18.8. The zero-order chi connectivity index (χ0) is 18.6. The summed E-state index contributed by atoms with van der Waals surface area (Å²) in [5.74, 6) is -3.11. The summed E-state index contributed by atoms with van der Waals surface area (Å²) >= 11 is 0. The van der Waals surface area contributed by atoms with Crippen LogP contribution in [0.25, 0.3) is 0 Å². The number of benzene rings is 2. The van der Waals surface area contributed by atoms with Crippen LogP contribution in [-0.4, -0.2) is 17.4 Å². The number of carbonyl (C=O) groups excluding carboxylic acids is 2. The maximum Gasteiger partial charge on any atom is 0.321 e. The van der Waals surface area contributed by atoms with Gasteiger partial charge in [0.05, 0.1) is 0 Å². The van der Waals surface area contributed by atoms with Gasteiger partial charge in [-0.05, 0) is 56.2 Å². The number of ether oxygens (including phenoxy) is 1. The van der Waals surface area contributed by atoms with E-state index in [1.165, 1.54) is 48.5 Å². The number of carbonyl (C=O) groups is 2. The van der Waals surface area contributed by atoms with Crippen LogP contribution in [0.3, 0.4) is 0 Å². The van der Waals surface area contributed by atoms with Crippen molar-refractivity contribution in [3.05, 3.63) is 71.3 Å². The highest BCUT2D eigenvalue weighted by atomic mass is 19.1. The zero-order valence-corrected chi connectivity index (χ0v) is 14.4. The zero-order valence-electron chi connectivity index (χ0n) is 14.4. The number of Topliss-reactive ketones (excluding diaryl/α,β-unsaturated/α-hetero) is 1. The van der Waals surface area contributed by atoms with Crippen LogP contribution in [0.2, 0.25) is 0 Å². The molecule has 1 atom stereocenters. The minimum absolute atomic E-state index is 0.0540. The summed E-state index contributed by atoms with van der Waals surface area (Å²) in [6.07, 6.45) is -0.0540. The van der Waals surface area contributed by atoms with Crippen molar-refractivity contribution in [2.75, 3.05) is 0 Å². The van der Waals surface area contributed by atoms with Crippen molar-refractivity contribution in [2.24, 2.45) is 0 Å². The van der Waals surface area contributed by atoms with Crippen LogP contribution in [0.4, 0.5) is 8.78 Å². The first-order valence-corrected chi connectivity index (χ1v) is 7.91. The Balaban J connectivity index is 2.29. The van der Waals surface area contributed by atoms with E-state index in [0.717, 1.165) is 0 Å². The summed E-state index contributed by atoms with van der Waals surface area (Å²) in [7, 11) is 0. The molecule has 2 aromatic rings. The first-order chi connectivity index (χ1) is 11.7. The highest BCUT2D eigenvalue weighted by Crippen LogP contribution is 2.24. The van der Waals surface area contributed by atoms with E-state index in [-0.39, 0.29) is 6.42 Å². The third-order valence-corrected chi connectivity index (χ3v) is 3.46. The molecule has 0 spiro atoms. The third-order valence-electron chi connectivity index (χ3n) is 3.46. The molecule has 2 rings (SSSR count). The third kappa shape index (κ3) is 5.48. The van der Waals surface area contributed by atoms with Crippen LogP contribution in [-0.2, 0) is 20.7 Å². The van der Waals surface area contributed by atoms with Crippen molar-refractivity contribution < 1.29 is 23.1 Å². The van der Waals surface area contributed by atoms with E-state index < -0.39 is 34.9 Å². The lowest BCUT2D eigenvalue weighted by Crippen LogP contribution is -2.32. The summed E-state index contributed by atoms with van der Waals surface area (Å²) in [5.41, 5.74) is 0.191. The lowest BCUT2D eigenvalue weighted by molar-refractivity contribution is -0.158. The Labute approximate surface area is 145 Å². The van der Waals surface area contributed by atoms with Gasteiger partial charge in [0.1, 0.15) is 23.2 Å². The molecule has 0 radical (unpaired) electrons. The van der Waals surface area contributed by atoms with E-state index in [2.05, 4.69) is 0 Å². The predicted molar refractivity (Wildman–Crippen MR) is 90.1 cm³/mol. The van der Waals surface area contributed by atoms with Gasteiger partial charge in [-0.2, -0.15) is 0 Å². The molecule has 0 heterocycles. The van der Waals surface area contributed by atoms with Gasteiger partial charge in [0.15, 0.2) is 5.78 Å². The minimum Gasteiger partial charge on any atom is -0.459 e. The van der Waals surface area contributed by atoms with Crippen molar-refractivity contribution in [1.82, 2.24) is 0 Å². The largest absolute Gasteiger partial charge is 0.459 e. The molecule has 0 aliphatic heterocycles. The fourth-order valence-electron chi connectivity index (χ4n) is 2.37. The normalized spacial score (nSPS) is 12.5. The molecule has 0 saturated carbocycles. The van der Waals surface area contributed by atoms with Crippen molar-refractivity contribution in [2.45, 2.75) is 38.7 Å². The molecule has 25 heavy (non-hydrogen) atoms. The molecule has 2 aromatic carbocycles. The smallest absolute Gasteiger partial charge is 0.321 e. The van der Waals surface area contributed by atoms with E-state index in [9.17, 15) is 18.4 Å². The van der Waals surface area contributed by atoms with Gasteiger partial charge < -0.3 is 4.74 Å². The Kier molecular flexibility index (Phi) is 5.67. The summed E-state index contributed by atoms with van der Waals surface area (Å²) in [6, 6.07) is 10.7. The van der Waals surface area contributed by atoms with E-state index in [4.69, 9.17) is 4.74 Å². The topological polar surface area (TPSA) is 43.4 Å². The van der Waals surface area contributed by atoms with Gasteiger partial charge in [-0.15, -0.1) is 0 Å². The fourth-order valence-corrected chi connectivity index (χ4v) is 2.37. The van der Waals surface area contributed by atoms with E-state index in [0.29, 0.717) is 11.1 Å². The standard InChI is InChI=1S/C20H20F2O3/c1-20(2,3)25-19(24)18(14-6-10-16(22)11-7-14)17(23)12-13-4-8-15(21)9-5-13/h4-11,18H,12H2,1-3H3. The lowest BCUT2D eigenvalue weighted by atomic mass is 9.90. The second-order valence-electron chi connectivity index (χ2n) is 6.79. The maximum atomic E-state index is 13.2. The molecule has 0 aliphatic carbocycles. The number of hydrogen-bond acceptors (Lipinski definition) is 3. The Hall–Kier alpha value is -2.56. The summed E-state index contributed by atoms with van der Waals surface area (Å²) in [4.78, 5) is 25.3. The monoisotopic (exact) mass is 346 g/mol. The van der Waals surface area contributed by atoms with Crippen molar-refractivity contribution >= 4 is 11.8 Å². The Morgan fingerprint density at radius 3 is 1.88 bits per heavy atom. The number of hydrogen-bond donors (Lipinski definition) is 0. The second kappa shape index (κ2) is 7.55. The fraction of sp³-hybridized carbons (Fsp3) is 0.300. The quantitative estimate of drug-likeness (QED) is 0.602. The van der Waals surface area contributed by atoms with Crippen LogP contribution in [0.15, 0.2) is 48.5 Å². The average molecular weight is 346 g/mol. The van der Waals surface area contributed by atoms with Crippen LogP contribution < -0.4 is 0 Å². The van der Waals surface area contributed by atoms with Gasteiger partial charge in [-0.1, -0.05) is 24.3 Å². The molecule has 0 N–H and O–H groups in total. The molecular formula is C20H20F2O3.